The lowest BCUT2D eigenvalue weighted by Gasteiger charge is -2.18. The summed E-state index contributed by atoms with van der Waals surface area (Å²) in [5, 5.41) is 0. The fraction of sp³-hybridized carbons (Fsp3) is 0.240. The van der Waals surface area contributed by atoms with E-state index in [9.17, 15) is 13.2 Å². The van der Waals surface area contributed by atoms with E-state index in [0.717, 1.165) is 34.4 Å². The molecule has 5 nitrogen and oxygen atoms in total. The van der Waals surface area contributed by atoms with Gasteiger partial charge in [-0.15, -0.1) is 0 Å². The molecule has 0 radical (unpaired) electrons. The predicted octanol–water partition coefficient (Wildman–Crippen LogP) is 4.87. The van der Waals surface area contributed by atoms with Crippen LogP contribution < -0.4 is 9.62 Å². The van der Waals surface area contributed by atoms with Gasteiger partial charge in [-0.05, 0) is 73.7 Å². The molecule has 1 aliphatic rings. The van der Waals surface area contributed by atoms with Crippen LogP contribution in [0.15, 0.2) is 65.6 Å². The number of benzene rings is 3. The highest BCUT2D eigenvalue weighted by Gasteiger charge is 2.27. The number of hydrogen-bond donors (Lipinski definition) is 1. The van der Waals surface area contributed by atoms with Crippen LogP contribution in [0.4, 0.5) is 11.4 Å². The van der Waals surface area contributed by atoms with Gasteiger partial charge in [0.2, 0.25) is 0 Å². The van der Waals surface area contributed by atoms with Crippen molar-refractivity contribution in [2.24, 2.45) is 0 Å². The minimum Gasteiger partial charge on any atom is -0.308 e. The van der Waals surface area contributed by atoms with Crippen molar-refractivity contribution in [1.29, 1.82) is 0 Å². The Balaban J connectivity index is 1.62. The summed E-state index contributed by atoms with van der Waals surface area (Å²) >= 11 is 0. The molecule has 1 N–H and O–H groups in total. The van der Waals surface area contributed by atoms with Crippen LogP contribution in [0, 0.1) is 13.8 Å². The zero-order valence-electron chi connectivity index (χ0n) is 18.0. The molecule has 6 heteroatoms. The molecule has 0 unspecified atom stereocenters. The lowest BCUT2D eigenvalue weighted by atomic mass is 10.1. The highest BCUT2D eigenvalue weighted by molar-refractivity contribution is 7.92. The van der Waals surface area contributed by atoms with Crippen molar-refractivity contribution >= 4 is 27.3 Å². The molecule has 1 aliphatic heterocycles. The van der Waals surface area contributed by atoms with Crippen molar-refractivity contribution < 1.29 is 13.2 Å². The second-order valence-corrected chi connectivity index (χ2v) is 9.61. The Morgan fingerprint density at radius 1 is 1.03 bits per heavy atom. The van der Waals surface area contributed by atoms with Crippen LogP contribution in [0.1, 0.15) is 39.5 Å². The number of aryl methyl sites for hydroxylation is 3. The largest absolute Gasteiger partial charge is 0.308 e. The Morgan fingerprint density at radius 2 is 1.77 bits per heavy atom. The van der Waals surface area contributed by atoms with E-state index in [0.29, 0.717) is 24.2 Å². The summed E-state index contributed by atoms with van der Waals surface area (Å²) in [4.78, 5) is 14.9. The fourth-order valence-corrected chi connectivity index (χ4v) is 5.19. The van der Waals surface area contributed by atoms with Crippen molar-refractivity contribution in [3.63, 3.8) is 0 Å². The van der Waals surface area contributed by atoms with Crippen molar-refractivity contribution in [2.45, 2.75) is 38.5 Å². The van der Waals surface area contributed by atoms with E-state index in [1.807, 2.05) is 63.2 Å². The molecule has 0 spiro atoms. The molecule has 0 saturated carbocycles. The standard InChI is InChI=1S/C25H26N2O3S/c1-4-19-7-5-6-18(3)24(19)26-31(29,30)22-12-13-23-21(16-22)14-15-27(23)25(28)20-10-8-17(2)9-11-20/h5-13,16,26H,4,14-15H2,1-3H3. The van der Waals surface area contributed by atoms with Gasteiger partial charge < -0.3 is 4.90 Å². The molecule has 160 valence electrons. The molecule has 0 fully saturated rings. The number of sulfonamides is 1. The highest BCUT2D eigenvalue weighted by Crippen LogP contribution is 2.32. The van der Waals surface area contributed by atoms with Gasteiger partial charge in [0, 0.05) is 17.8 Å². The maximum Gasteiger partial charge on any atom is 0.261 e. The first-order valence-electron chi connectivity index (χ1n) is 10.4. The van der Waals surface area contributed by atoms with Gasteiger partial charge in [-0.1, -0.05) is 42.8 Å². The van der Waals surface area contributed by atoms with Gasteiger partial charge in [0.05, 0.1) is 10.6 Å². The summed E-state index contributed by atoms with van der Waals surface area (Å²) < 4.78 is 29.0. The molecule has 31 heavy (non-hydrogen) atoms. The minimum atomic E-state index is -3.74. The lowest BCUT2D eigenvalue weighted by Crippen LogP contribution is -2.28. The molecule has 0 atom stereocenters. The molecule has 0 bridgehead atoms. The molecule has 0 saturated heterocycles. The smallest absolute Gasteiger partial charge is 0.261 e. The van der Waals surface area contributed by atoms with Crippen LogP contribution in [0.2, 0.25) is 0 Å². The second kappa shape index (κ2) is 8.19. The molecule has 1 heterocycles. The highest BCUT2D eigenvalue weighted by atomic mass is 32.2. The number of para-hydroxylation sites is 1. The maximum atomic E-state index is 13.1. The van der Waals surface area contributed by atoms with Crippen LogP contribution in [0.3, 0.4) is 0 Å². The van der Waals surface area contributed by atoms with E-state index >= 15 is 0 Å². The number of carbonyl (C=O) groups excluding carboxylic acids is 1. The van der Waals surface area contributed by atoms with Crippen LogP contribution >= 0.6 is 0 Å². The maximum absolute atomic E-state index is 13.1. The van der Waals surface area contributed by atoms with Crippen LogP contribution in [-0.2, 0) is 22.9 Å². The van der Waals surface area contributed by atoms with Gasteiger partial charge in [-0.2, -0.15) is 0 Å². The number of fused-ring (bicyclic) bond motifs is 1. The number of nitrogens with zero attached hydrogens (tertiary/aromatic N) is 1. The van der Waals surface area contributed by atoms with Crippen LogP contribution in [0.5, 0.6) is 0 Å². The molecular weight excluding hydrogens is 408 g/mol. The van der Waals surface area contributed by atoms with Gasteiger partial charge in [-0.25, -0.2) is 8.42 Å². The molecule has 3 aromatic rings. The molecule has 0 aliphatic carbocycles. The number of anilines is 2. The Morgan fingerprint density at radius 3 is 2.48 bits per heavy atom. The Hall–Kier alpha value is -3.12. The third-order valence-corrected chi connectivity index (χ3v) is 7.12. The number of rotatable bonds is 5. The normalized spacial score (nSPS) is 13.2. The SMILES string of the molecule is CCc1cccc(C)c1NS(=O)(=O)c1ccc2c(c1)CCN2C(=O)c1ccc(C)cc1. The number of carbonyl (C=O) groups is 1. The van der Waals surface area contributed by atoms with Gasteiger partial charge >= 0.3 is 0 Å². The molecule has 3 aromatic carbocycles. The molecule has 1 amide bonds. The zero-order valence-corrected chi connectivity index (χ0v) is 18.8. The first kappa shape index (κ1) is 21.1. The second-order valence-electron chi connectivity index (χ2n) is 7.93. The van der Waals surface area contributed by atoms with E-state index in [4.69, 9.17) is 0 Å². The first-order valence-corrected chi connectivity index (χ1v) is 11.9. The Bertz CT molecular complexity index is 1250. The predicted molar refractivity (Wildman–Crippen MR) is 124 cm³/mol. The average molecular weight is 435 g/mol. The van der Waals surface area contributed by atoms with E-state index < -0.39 is 10.0 Å². The monoisotopic (exact) mass is 434 g/mol. The number of hydrogen-bond acceptors (Lipinski definition) is 3. The fourth-order valence-electron chi connectivity index (χ4n) is 3.97. The molecular formula is C25H26N2O3S. The zero-order chi connectivity index (χ0) is 22.2. The lowest BCUT2D eigenvalue weighted by molar-refractivity contribution is 0.0989. The third kappa shape index (κ3) is 4.08. The average Bonchev–Trinajstić information content (AvgIpc) is 3.18. The van der Waals surface area contributed by atoms with Gasteiger partial charge in [0.1, 0.15) is 0 Å². The van der Waals surface area contributed by atoms with Crippen LogP contribution in [-0.4, -0.2) is 20.9 Å². The van der Waals surface area contributed by atoms with Crippen molar-refractivity contribution in [3.8, 4) is 0 Å². The van der Waals surface area contributed by atoms with Gasteiger partial charge in [-0.3, -0.25) is 9.52 Å². The molecule has 0 aromatic heterocycles. The van der Waals surface area contributed by atoms with E-state index in [2.05, 4.69) is 4.72 Å². The summed E-state index contributed by atoms with van der Waals surface area (Å²) in [6.45, 7) is 6.42. The van der Waals surface area contributed by atoms with E-state index in [1.165, 1.54) is 0 Å². The van der Waals surface area contributed by atoms with E-state index in [-0.39, 0.29) is 10.8 Å². The van der Waals surface area contributed by atoms with Gasteiger partial charge in [0.25, 0.3) is 15.9 Å². The summed E-state index contributed by atoms with van der Waals surface area (Å²) in [6, 6.07) is 18.2. The molecule has 4 rings (SSSR count). The third-order valence-electron chi connectivity index (χ3n) is 5.78. The van der Waals surface area contributed by atoms with Crippen LogP contribution in [0.25, 0.3) is 0 Å². The van der Waals surface area contributed by atoms with Crippen molar-refractivity contribution in [2.75, 3.05) is 16.2 Å². The quantitative estimate of drug-likeness (QED) is 0.623. The first-order chi connectivity index (χ1) is 14.8. The van der Waals surface area contributed by atoms with Crippen molar-refractivity contribution in [1.82, 2.24) is 0 Å². The number of amides is 1. The van der Waals surface area contributed by atoms with Crippen molar-refractivity contribution in [3.05, 3.63) is 88.5 Å². The minimum absolute atomic E-state index is 0.0695. The Kier molecular flexibility index (Phi) is 5.58. The number of nitrogens with one attached hydrogen (secondary N) is 1. The summed E-state index contributed by atoms with van der Waals surface area (Å²) in [6.07, 6.45) is 1.36. The summed E-state index contributed by atoms with van der Waals surface area (Å²) in [5.41, 5.74) is 5.85. The summed E-state index contributed by atoms with van der Waals surface area (Å²) in [7, 11) is -3.74. The topological polar surface area (TPSA) is 66.5 Å². The summed E-state index contributed by atoms with van der Waals surface area (Å²) in [5.74, 6) is -0.0695. The van der Waals surface area contributed by atoms with E-state index in [1.54, 1.807) is 23.1 Å². The van der Waals surface area contributed by atoms with Gasteiger partial charge in [0.15, 0.2) is 0 Å². The Labute approximate surface area is 183 Å².